The van der Waals surface area contributed by atoms with E-state index in [0.29, 0.717) is 28.1 Å². The highest BCUT2D eigenvalue weighted by Crippen LogP contribution is 2.28. The largest absolute Gasteiger partial charge is 0.475 e. The van der Waals surface area contributed by atoms with Crippen LogP contribution in [-0.2, 0) is 19.0 Å². The summed E-state index contributed by atoms with van der Waals surface area (Å²) in [7, 11) is -1.25. The molecule has 1 aromatic carbocycles. The average molecular weight is 468 g/mol. The molecular formula is C22H30ClNO6Si. The summed E-state index contributed by atoms with van der Waals surface area (Å²) in [6, 6.07) is 5.96. The van der Waals surface area contributed by atoms with Crippen molar-refractivity contribution in [1.29, 1.82) is 0 Å². The van der Waals surface area contributed by atoms with Gasteiger partial charge in [-0.05, 0) is 45.0 Å². The smallest absolute Gasteiger partial charge is 0.419 e. The van der Waals surface area contributed by atoms with Gasteiger partial charge in [0.15, 0.2) is 6.79 Å². The number of rotatable bonds is 8. The van der Waals surface area contributed by atoms with Gasteiger partial charge >= 0.3 is 12.1 Å². The molecule has 2 rings (SSSR count). The van der Waals surface area contributed by atoms with Gasteiger partial charge in [-0.2, -0.15) is 0 Å². The average Bonchev–Trinajstić information content (AvgIpc) is 2.95. The van der Waals surface area contributed by atoms with E-state index in [1.165, 1.54) is 16.8 Å². The summed E-state index contributed by atoms with van der Waals surface area (Å²) in [6.07, 6.45) is 2.28. The Morgan fingerprint density at radius 2 is 1.90 bits per heavy atom. The molecule has 1 N–H and O–H groups in total. The zero-order valence-electron chi connectivity index (χ0n) is 18.8. The molecule has 0 bridgehead atoms. The molecule has 0 atom stereocenters. The van der Waals surface area contributed by atoms with Crippen LogP contribution in [0.2, 0.25) is 30.7 Å². The molecule has 1 aromatic heterocycles. The van der Waals surface area contributed by atoms with E-state index in [1.54, 1.807) is 39.0 Å². The minimum Gasteiger partial charge on any atom is -0.475 e. The lowest BCUT2D eigenvalue weighted by Crippen LogP contribution is -2.26. The van der Waals surface area contributed by atoms with Crippen LogP contribution in [-0.4, -0.2) is 48.8 Å². The fraction of sp³-hybridized carbons (Fsp3) is 0.455. The highest BCUT2D eigenvalue weighted by atomic mass is 35.5. The zero-order chi connectivity index (χ0) is 23.4. The molecule has 9 heteroatoms. The summed E-state index contributed by atoms with van der Waals surface area (Å²) in [5, 5.41) is 10.6. The number of aliphatic carboxylic acids is 1. The second-order valence-corrected chi connectivity index (χ2v) is 15.4. The van der Waals surface area contributed by atoms with Crippen LogP contribution in [0.4, 0.5) is 4.79 Å². The van der Waals surface area contributed by atoms with E-state index in [9.17, 15) is 14.7 Å². The molecule has 0 aliphatic heterocycles. The van der Waals surface area contributed by atoms with E-state index in [0.717, 1.165) is 6.04 Å². The molecule has 170 valence electrons. The second-order valence-electron chi connectivity index (χ2n) is 9.39. The monoisotopic (exact) mass is 467 g/mol. The first-order valence-corrected chi connectivity index (χ1v) is 14.0. The number of halogens is 1. The molecule has 0 aliphatic rings. The molecule has 2 aromatic rings. The summed E-state index contributed by atoms with van der Waals surface area (Å²) in [5.41, 5.74) is 0.298. The molecule has 0 amide bonds. The number of benzene rings is 1. The van der Waals surface area contributed by atoms with Crippen LogP contribution >= 0.6 is 11.6 Å². The fourth-order valence-electron chi connectivity index (χ4n) is 2.65. The van der Waals surface area contributed by atoms with Crippen LogP contribution in [0.15, 0.2) is 30.2 Å². The molecule has 31 heavy (non-hydrogen) atoms. The number of carbonyl (C=O) groups excluding carboxylic acids is 1. The van der Waals surface area contributed by atoms with Crippen LogP contribution in [0.25, 0.3) is 17.0 Å². The Labute approximate surface area is 188 Å². The van der Waals surface area contributed by atoms with E-state index in [4.69, 9.17) is 25.8 Å². The Morgan fingerprint density at radius 3 is 2.48 bits per heavy atom. The predicted octanol–water partition coefficient (Wildman–Crippen LogP) is 5.83. The van der Waals surface area contributed by atoms with Crippen molar-refractivity contribution in [2.45, 2.75) is 52.1 Å². The van der Waals surface area contributed by atoms with Crippen molar-refractivity contribution in [2.75, 3.05) is 13.4 Å². The molecule has 0 aliphatic carbocycles. The number of carboxylic acid groups (broad SMARTS) is 1. The predicted molar refractivity (Wildman–Crippen MR) is 124 cm³/mol. The molecule has 0 spiro atoms. The molecule has 0 radical (unpaired) electrons. The van der Waals surface area contributed by atoms with Crippen molar-refractivity contribution in [3.63, 3.8) is 0 Å². The second kappa shape index (κ2) is 9.89. The van der Waals surface area contributed by atoms with Crippen LogP contribution < -0.4 is 0 Å². The first-order chi connectivity index (χ1) is 14.3. The maximum atomic E-state index is 12.7. The van der Waals surface area contributed by atoms with E-state index in [1.807, 2.05) is 0 Å². The van der Waals surface area contributed by atoms with E-state index in [-0.39, 0.29) is 12.6 Å². The standard InChI is InChI=1S/C22H30ClNO6Si/c1-22(2,3)30-21(27)24-13-15(17-8-7-16(23)12-18(17)24)11-19(20(25)26)29-14-28-9-10-31(4,5)6/h7-8,11-13H,9-10,14H2,1-6H3,(H,25,26)/b19-11-. The normalized spacial score (nSPS) is 12.8. The summed E-state index contributed by atoms with van der Waals surface area (Å²) >= 11 is 6.11. The molecule has 0 fully saturated rings. The quantitative estimate of drug-likeness (QED) is 0.173. The van der Waals surface area contributed by atoms with Gasteiger partial charge in [0.25, 0.3) is 0 Å². The highest BCUT2D eigenvalue weighted by molar-refractivity contribution is 6.76. The minimum atomic E-state index is -1.25. The topological polar surface area (TPSA) is 87.0 Å². The van der Waals surface area contributed by atoms with Gasteiger partial charge in [-0.1, -0.05) is 37.3 Å². The number of carboxylic acids is 1. The molecular weight excluding hydrogens is 438 g/mol. The SMILES string of the molecule is CC(C)(C)OC(=O)n1cc(/C=C(\OCOCC[Si](C)(C)C)C(=O)O)c2ccc(Cl)cc21. The maximum absolute atomic E-state index is 12.7. The van der Waals surface area contributed by atoms with Gasteiger partial charge in [-0.25, -0.2) is 9.59 Å². The Bertz CT molecular complexity index is 984. The first kappa shape index (κ1) is 25.0. The van der Waals surface area contributed by atoms with E-state index in [2.05, 4.69) is 19.6 Å². The van der Waals surface area contributed by atoms with Gasteiger partial charge in [0.1, 0.15) is 5.60 Å². The number of hydrogen-bond donors (Lipinski definition) is 1. The van der Waals surface area contributed by atoms with Gasteiger partial charge in [-0.3, -0.25) is 4.57 Å². The maximum Gasteiger partial charge on any atom is 0.419 e. The zero-order valence-corrected chi connectivity index (χ0v) is 20.6. The van der Waals surface area contributed by atoms with E-state index >= 15 is 0 Å². The third-order valence-electron chi connectivity index (χ3n) is 4.18. The van der Waals surface area contributed by atoms with Crippen LogP contribution in [0, 0.1) is 0 Å². The molecule has 0 saturated heterocycles. The lowest BCUT2D eigenvalue weighted by atomic mass is 10.1. The van der Waals surface area contributed by atoms with Gasteiger partial charge in [-0.15, -0.1) is 0 Å². The molecule has 0 saturated carbocycles. The number of fused-ring (bicyclic) bond motifs is 1. The third kappa shape index (κ3) is 7.72. The van der Waals surface area contributed by atoms with Gasteiger partial charge < -0.3 is 19.3 Å². The summed E-state index contributed by atoms with van der Waals surface area (Å²) < 4.78 is 17.6. The number of nitrogens with zero attached hydrogens (tertiary/aromatic N) is 1. The minimum absolute atomic E-state index is 0.168. The van der Waals surface area contributed by atoms with Crippen molar-refractivity contribution in [3.05, 3.63) is 40.7 Å². The highest BCUT2D eigenvalue weighted by Gasteiger charge is 2.21. The van der Waals surface area contributed by atoms with Crippen molar-refractivity contribution in [1.82, 2.24) is 4.57 Å². The van der Waals surface area contributed by atoms with Gasteiger partial charge in [0.2, 0.25) is 5.76 Å². The first-order valence-electron chi connectivity index (χ1n) is 9.96. The van der Waals surface area contributed by atoms with Crippen molar-refractivity contribution in [3.8, 4) is 0 Å². The number of ether oxygens (including phenoxy) is 3. The Balaban J connectivity index is 2.31. The lowest BCUT2D eigenvalue weighted by Gasteiger charge is -2.19. The molecule has 7 nitrogen and oxygen atoms in total. The van der Waals surface area contributed by atoms with E-state index < -0.39 is 25.7 Å². The number of carbonyl (C=O) groups is 2. The summed E-state index contributed by atoms with van der Waals surface area (Å²) in [5.74, 6) is -1.52. The number of hydrogen-bond acceptors (Lipinski definition) is 5. The Morgan fingerprint density at radius 1 is 1.23 bits per heavy atom. The van der Waals surface area contributed by atoms with Crippen LogP contribution in [0.5, 0.6) is 0 Å². The molecule has 1 heterocycles. The van der Waals surface area contributed by atoms with Crippen LogP contribution in [0.1, 0.15) is 26.3 Å². The van der Waals surface area contributed by atoms with Crippen LogP contribution in [0.3, 0.4) is 0 Å². The summed E-state index contributed by atoms with van der Waals surface area (Å²) in [6.45, 7) is 12.3. The summed E-state index contributed by atoms with van der Waals surface area (Å²) in [4.78, 5) is 24.3. The van der Waals surface area contributed by atoms with Crippen molar-refractivity contribution >= 4 is 48.7 Å². The Kier molecular flexibility index (Phi) is 7.96. The Hall–Kier alpha value is -2.29. The van der Waals surface area contributed by atoms with Gasteiger partial charge in [0.05, 0.1) is 5.52 Å². The van der Waals surface area contributed by atoms with Crippen molar-refractivity contribution in [2.24, 2.45) is 0 Å². The van der Waals surface area contributed by atoms with Crippen molar-refractivity contribution < 1.29 is 28.9 Å². The van der Waals surface area contributed by atoms with Gasteiger partial charge in [0, 0.05) is 36.8 Å². The fourth-order valence-corrected chi connectivity index (χ4v) is 3.58. The molecule has 0 unspecified atom stereocenters. The third-order valence-corrected chi connectivity index (χ3v) is 6.12. The number of aromatic nitrogens is 1. The lowest BCUT2D eigenvalue weighted by molar-refractivity contribution is -0.139.